The van der Waals surface area contributed by atoms with Crippen LogP contribution in [0.25, 0.3) is 21.1 Å². The zero-order valence-corrected chi connectivity index (χ0v) is 23.2. The van der Waals surface area contributed by atoms with Crippen LogP contribution in [0.2, 0.25) is 0 Å². The fourth-order valence-electron chi connectivity index (χ4n) is 6.34. The Hall–Kier alpha value is -3.20. The lowest BCUT2D eigenvalue weighted by molar-refractivity contribution is -0.126. The number of fused-ring (bicyclic) bond motifs is 2. The summed E-state index contributed by atoms with van der Waals surface area (Å²) >= 11 is 1.10. The van der Waals surface area contributed by atoms with Crippen LogP contribution in [-0.2, 0) is 19.5 Å². The Labute approximate surface area is 234 Å². The van der Waals surface area contributed by atoms with Gasteiger partial charge in [0.25, 0.3) is 0 Å². The third kappa shape index (κ3) is 5.04. The van der Waals surface area contributed by atoms with Crippen LogP contribution in [0, 0.1) is 23.7 Å². The van der Waals surface area contributed by atoms with Gasteiger partial charge in [-0.3, -0.25) is 4.90 Å². The lowest BCUT2D eigenvalue weighted by Crippen LogP contribution is -2.60. The number of halogens is 3. The minimum Gasteiger partial charge on any atom is -0.396 e. The second-order valence-corrected chi connectivity index (χ2v) is 12.3. The van der Waals surface area contributed by atoms with E-state index in [-0.39, 0.29) is 16.9 Å². The van der Waals surface area contributed by atoms with Crippen LogP contribution in [0.1, 0.15) is 41.0 Å². The number of benzene rings is 1. The molecular weight excluding hydrogens is 537 g/mol. The average Bonchev–Trinajstić information content (AvgIpc) is 3.47. The molecule has 40 heavy (non-hydrogen) atoms. The number of aryl methyl sites for hydroxylation is 2. The van der Waals surface area contributed by atoms with E-state index in [0.717, 1.165) is 79.0 Å². The van der Waals surface area contributed by atoms with Crippen LogP contribution in [0.5, 0.6) is 0 Å². The molecule has 0 saturated carbocycles. The van der Waals surface area contributed by atoms with Crippen molar-refractivity contribution in [2.75, 3.05) is 37.7 Å². The van der Waals surface area contributed by atoms with Crippen LogP contribution in [0.3, 0.4) is 0 Å². The van der Waals surface area contributed by atoms with Crippen molar-refractivity contribution < 1.29 is 18.3 Å². The highest BCUT2D eigenvalue weighted by molar-refractivity contribution is 7.18. The van der Waals surface area contributed by atoms with Gasteiger partial charge in [-0.1, -0.05) is 6.07 Å². The predicted molar refractivity (Wildman–Crippen MR) is 149 cm³/mol. The molecule has 1 N–H and O–H groups in total. The van der Waals surface area contributed by atoms with Gasteiger partial charge in [-0.15, -0.1) is 11.3 Å². The number of aromatic nitrogens is 3. The molecule has 0 unspecified atom stereocenters. The lowest BCUT2D eigenvalue weighted by atomic mass is 9.72. The topological polar surface area (TPSA) is 81.2 Å². The van der Waals surface area contributed by atoms with Crippen molar-refractivity contribution in [2.45, 2.75) is 51.9 Å². The van der Waals surface area contributed by atoms with Crippen LogP contribution in [-0.4, -0.2) is 63.5 Å². The van der Waals surface area contributed by atoms with Crippen molar-refractivity contribution in [1.82, 2.24) is 19.4 Å². The molecule has 1 spiro atoms. The Balaban J connectivity index is 1.10. The van der Waals surface area contributed by atoms with E-state index in [1.54, 1.807) is 6.07 Å². The van der Waals surface area contributed by atoms with E-state index < -0.39 is 12.6 Å². The monoisotopic (exact) mass is 568 g/mol. The second-order valence-electron chi connectivity index (χ2n) is 11.2. The number of alkyl halides is 3. The van der Waals surface area contributed by atoms with Gasteiger partial charge in [0.2, 0.25) is 0 Å². The molecule has 3 aromatic heterocycles. The number of nitriles is 1. The molecule has 4 aromatic rings. The number of aliphatic hydroxyl groups is 1. The summed E-state index contributed by atoms with van der Waals surface area (Å²) in [4.78, 5) is 14.2. The van der Waals surface area contributed by atoms with E-state index in [1.165, 1.54) is 17.5 Å². The molecule has 2 saturated heterocycles. The number of rotatable bonds is 7. The summed E-state index contributed by atoms with van der Waals surface area (Å²) < 4.78 is 40.7. The highest BCUT2D eigenvalue weighted by Crippen LogP contribution is 2.45. The van der Waals surface area contributed by atoms with Crippen LogP contribution >= 0.6 is 11.3 Å². The van der Waals surface area contributed by atoms with Crippen molar-refractivity contribution in [3.63, 3.8) is 0 Å². The fourth-order valence-corrected chi connectivity index (χ4v) is 7.36. The summed E-state index contributed by atoms with van der Waals surface area (Å²) in [7, 11) is 0. The molecule has 0 aliphatic carbocycles. The average molecular weight is 569 g/mol. The molecule has 1 aromatic carbocycles. The van der Waals surface area contributed by atoms with E-state index in [0.29, 0.717) is 23.5 Å². The highest BCUT2D eigenvalue weighted by atomic mass is 32.1. The summed E-state index contributed by atoms with van der Waals surface area (Å²) in [6, 6.07) is 10.1. The van der Waals surface area contributed by atoms with Crippen molar-refractivity contribution in [3.8, 4) is 6.07 Å². The van der Waals surface area contributed by atoms with Gasteiger partial charge in [0.05, 0.1) is 11.8 Å². The first-order valence-corrected chi connectivity index (χ1v) is 14.4. The molecule has 7 nitrogen and oxygen atoms in total. The Morgan fingerprint density at radius 2 is 1.90 bits per heavy atom. The van der Waals surface area contributed by atoms with Crippen LogP contribution in [0.4, 0.5) is 19.0 Å². The maximum atomic E-state index is 12.9. The molecule has 0 amide bonds. The van der Waals surface area contributed by atoms with E-state index in [9.17, 15) is 23.5 Å². The van der Waals surface area contributed by atoms with Gasteiger partial charge in [-0.05, 0) is 68.6 Å². The number of piperidine rings is 1. The van der Waals surface area contributed by atoms with E-state index in [1.807, 2.05) is 10.6 Å². The number of anilines is 1. The van der Waals surface area contributed by atoms with Crippen molar-refractivity contribution >= 4 is 38.3 Å². The van der Waals surface area contributed by atoms with Gasteiger partial charge in [-0.2, -0.15) is 18.4 Å². The number of hydrogen-bond donors (Lipinski definition) is 1. The van der Waals surface area contributed by atoms with Gasteiger partial charge in [0, 0.05) is 54.0 Å². The third-order valence-electron chi connectivity index (χ3n) is 8.52. The number of thiophene rings is 1. The standard InChI is InChI=1S/C29H31F3N6OS/c1-19-20(3-4-25-23(19)11-21(14-33)38(25)7-2-10-39)15-36-8-5-28(6-9-36)16-37(17-28)26-24-12-22(13-29(30,31)32)40-27(24)35-18-34-26/h3-4,11-12,18,39H,2,5-10,13,15-17H2,1H3. The van der Waals surface area contributed by atoms with E-state index in [2.05, 4.69) is 44.9 Å². The molecule has 0 atom stereocenters. The minimum atomic E-state index is -4.24. The Bertz CT molecular complexity index is 1590. The molecular formula is C29H31F3N6OS. The first-order chi connectivity index (χ1) is 19.2. The van der Waals surface area contributed by atoms with Crippen molar-refractivity contribution in [2.24, 2.45) is 5.41 Å². The first-order valence-electron chi connectivity index (χ1n) is 13.6. The zero-order chi connectivity index (χ0) is 28.1. The summed E-state index contributed by atoms with van der Waals surface area (Å²) in [6.45, 7) is 7.39. The zero-order valence-electron chi connectivity index (χ0n) is 22.3. The molecule has 210 valence electrons. The van der Waals surface area contributed by atoms with Crippen molar-refractivity contribution in [1.29, 1.82) is 5.26 Å². The SMILES string of the molecule is Cc1c(CN2CCC3(CC2)CN(c2ncnc4sc(CC(F)(F)F)cc24)C3)ccc2c1cc(C#N)n2CCCO. The first kappa shape index (κ1) is 27.0. The Morgan fingerprint density at radius 1 is 1.12 bits per heavy atom. The Morgan fingerprint density at radius 3 is 2.60 bits per heavy atom. The van der Waals surface area contributed by atoms with Crippen molar-refractivity contribution in [3.05, 3.63) is 52.3 Å². The van der Waals surface area contributed by atoms with Gasteiger partial charge in [-0.25, -0.2) is 9.97 Å². The number of likely N-dealkylation sites (tertiary alicyclic amines) is 1. The molecule has 2 fully saturated rings. The number of nitrogens with zero attached hydrogens (tertiary/aromatic N) is 6. The largest absolute Gasteiger partial charge is 0.396 e. The third-order valence-corrected chi connectivity index (χ3v) is 9.56. The van der Waals surface area contributed by atoms with Gasteiger partial charge in [0.15, 0.2) is 0 Å². The van der Waals surface area contributed by atoms with E-state index >= 15 is 0 Å². The smallest absolute Gasteiger partial charge is 0.393 e. The van der Waals surface area contributed by atoms with E-state index in [4.69, 9.17) is 0 Å². The van der Waals surface area contributed by atoms with Gasteiger partial charge >= 0.3 is 6.18 Å². The second kappa shape index (κ2) is 10.3. The van der Waals surface area contributed by atoms with Crippen LogP contribution in [0.15, 0.2) is 30.6 Å². The Kier molecular flexibility index (Phi) is 6.97. The molecule has 0 radical (unpaired) electrons. The number of hydrogen-bond acceptors (Lipinski definition) is 7. The summed E-state index contributed by atoms with van der Waals surface area (Å²) in [5, 5.41) is 20.7. The molecule has 2 aliphatic rings. The summed E-state index contributed by atoms with van der Waals surface area (Å²) in [6.07, 6.45) is -0.969. The minimum absolute atomic E-state index is 0.0933. The highest BCUT2D eigenvalue weighted by Gasteiger charge is 2.45. The molecule has 5 heterocycles. The maximum Gasteiger partial charge on any atom is 0.393 e. The summed E-state index contributed by atoms with van der Waals surface area (Å²) in [5.74, 6) is 0.745. The maximum absolute atomic E-state index is 12.9. The fraction of sp³-hybridized carbons (Fsp3) is 0.483. The molecule has 11 heteroatoms. The van der Waals surface area contributed by atoms with Gasteiger partial charge in [0.1, 0.15) is 28.7 Å². The normalized spacial score (nSPS) is 17.6. The summed E-state index contributed by atoms with van der Waals surface area (Å²) in [5.41, 5.74) is 4.33. The lowest BCUT2D eigenvalue weighted by Gasteiger charge is -2.54. The predicted octanol–water partition coefficient (Wildman–Crippen LogP) is 5.42. The van der Waals surface area contributed by atoms with Crippen LogP contribution < -0.4 is 4.90 Å². The quantitative estimate of drug-likeness (QED) is 0.321. The molecule has 6 rings (SSSR count). The molecule has 0 bridgehead atoms. The van der Waals surface area contributed by atoms with Gasteiger partial charge < -0.3 is 14.6 Å². The number of aliphatic hydroxyl groups excluding tert-OH is 1. The molecule has 2 aliphatic heterocycles.